The van der Waals surface area contributed by atoms with Crippen LogP contribution < -0.4 is 11.1 Å². The van der Waals surface area contributed by atoms with E-state index >= 15 is 0 Å². The van der Waals surface area contributed by atoms with Gasteiger partial charge in [-0.1, -0.05) is 13.8 Å². The van der Waals surface area contributed by atoms with E-state index in [1.54, 1.807) is 0 Å². The molecule has 0 aliphatic rings. The first kappa shape index (κ1) is 13.0. The quantitative estimate of drug-likeness (QED) is 0.873. The van der Waals surface area contributed by atoms with Crippen LogP contribution in [0.2, 0.25) is 0 Å². The fourth-order valence-corrected chi connectivity index (χ4v) is 2.84. The second-order valence-corrected chi connectivity index (χ2v) is 5.51. The van der Waals surface area contributed by atoms with Gasteiger partial charge >= 0.3 is 0 Å². The molecule has 0 amide bonds. The molecular formula is C13H20N4S. The van der Waals surface area contributed by atoms with E-state index < -0.39 is 0 Å². The van der Waals surface area contributed by atoms with Gasteiger partial charge < -0.3 is 11.1 Å². The molecule has 2 aromatic heterocycles. The lowest BCUT2D eigenvalue weighted by Crippen LogP contribution is -2.05. The van der Waals surface area contributed by atoms with Gasteiger partial charge in [0, 0.05) is 16.8 Å². The molecule has 0 saturated carbocycles. The van der Waals surface area contributed by atoms with Crippen molar-refractivity contribution in [2.75, 3.05) is 11.1 Å². The number of anilines is 2. The van der Waals surface area contributed by atoms with E-state index in [0.29, 0.717) is 0 Å². The predicted molar refractivity (Wildman–Crippen MR) is 78.0 cm³/mol. The van der Waals surface area contributed by atoms with Gasteiger partial charge in [-0.25, -0.2) is 0 Å². The third-order valence-electron chi connectivity index (χ3n) is 2.99. The lowest BCUT2D eigenvalue weighted by Gasteiger charge is -2.06. The third-order valence-corrected chi connectivity index (χ3v) is 4.22. The van der Waals surface area contributed by atoms with Crippen LogP contribution in [0, 0.1) is 0 Å². The zero-order valence-electron chi connectivity index (χ0n) is 11.2. The van der Waals surface area contributed by atoms with Gasteiger partial charge in [-0.15, -0.1) is 11.3 Å². The van der Waals surface area contributed by atoms with Crippen molar-refractivity contribution in [1.29, 1.82) is 0 Å². The molecule has 0 bridgehead atoms. The number of rotatable bonds is 5. The van der Waals surface area contributed by atoms with Crippen LogP contribution in [0.3, 0.4) is 0 Å². The van der Waals surface area contributed by atoms with Crippen LogP contribution in [0.25, 0.3) is 0 Å². The van der Waals surface area contributed by atoms with E-state index in [-0.39, 0.29) is 0 Å². The van der Waals surface area contributed by atoms with E-state index in [1.807, 2.05) is 23.1 Å². The molecule has 3 N–H and O–H groups in total. The van der Waals surface area contributed by atoms with Crippen LogP contribution in [-0.2, 0) is 26.4 Å². The minimum atomic E-state index is 0.771. The monoisotopic (exact) mass is 264 g/mol. The first-order valence-corrected chi connectivity index (χ1v) is 7.10. The number of aromatic nitrogens is 2. The second kappa shape index (κ2) is 5.44. The Bertz CT molecular complexity index is 527. The molecular weight excluding hydrogens is 244 g/mol. The summed E-state index contributed by atoms with van der Waals surface area (Å²) in [7, 11) is 1.92. The molecule has 18 heavy (non-hydrogen) atoms. The number of nitrogen functional groups attached to an aromatic ring is 1. The van der Waals surface area contributed by atoms with Gasteiger partial charge in [0.05, 0.1) is 17.9 Å². The summed E-state index contributed by atoms with van der Waals surface area (Å²) in [5.74, 6) is 0.915. The van der Waals surface area contributed by atoms with Crippen molar-refractivity contribution in [3.05, 3.63) is 27.6 Å². The minimum absolute atomic E-state index is 0.771. The Morgan fingerprint density at radius 1 is 1.28 bits per heavy atom. The van der Waals surface area contributed by atoms with Gasteiger partial charge in [-0.2, -0.15) is 5.10 Å². The van der Waals surface area contributed by atoms with E-state index in [1.165, 1.54) is 9.75 Å². The first-order chi connectivity index (χ1) is 8.65. The Morgan fingerprint density at radius 2 is 2.00 bits per heavy atom. The summed E-state index contributed by atoms with van der Waals surface area (Å²) in [6.45, 7) is 5.04. The molecule has 0 aromatic carbocycles. The van der Waals surface area contributed by atoms with Crippen molar-refractivity contribution in [1.82, 2.24) is 9.78 Å². The largest absolute Gasteiger partial charge is 0.394 e. The van der Waals surface area contributed by atoms with Crippen molar-refractivity contribution < 1.29 is 0 Å². The SMILES string of the molecule is CCc1ccc(CNc2c(N)c(CC)nn2C)s1. The molecule has 0 fully saturated rings. The van der Waals surface area contributed by atoms with Gasteiger partial charge in [-0.3, -0.25) is 4.68 Å². The average molecular weight is 264 g/mol. The lowest BCUT2D eigenvalue weighted by atomic mass is 10.3. The molecule has 0 aliphatic carbocycles. The van der Waals surface area contributed by atoms with Gasteiger partial charge in [0.1, 0.15) is 5.82 Å². The molecule has 2 rings (SSSR count). The Balaban J connectivity index is 2.08. The summed E-state index contributed by atoms with van der Waals surface area (Å²) in [5.41, 5.74) is 7.80. The molecule has 2 aromatic rings. The molecule has 0 spiro atoms. The number of hydrogen-bond donors (Lipinski definition) is 2. The van der Waals surface area contributed by atoms with E-state index in [9.17, 15) is 0 Å². The smallest absolute Gasteiger partial charge is 0.148 e. The fourth-order valence-electron chi connectivity index (χ4n) is 1.94. The highest BCUT2D eigenvalue weighted by Gasteiger charge is 2.11. The molecule has 0 atom stereocenters. The Hall–Kier alpha value is -1.49. The minimum Gasteiger partial charge on any atom is -0.394 e. The summed E-state index contributed by atoms with van der Waals surface area (Å²) < 4.78 is 1.82. The Kier molecular flexibility index (Phi) is 3.91. The highest BCUT2D eigenvalue weighted by atomic mass is 32.1. The molecule has 4 nitrogen and oxygen atoms in total. The number of hydrogen-bond acceptors (Lipinski definition) is 4. The number of nitrogens with zero attached hydrogens (tertiary/aromatic N) is 2. The highest BCUT2D eigenvalue weighted by Crippen LogP contribution is 2.24. The normalized spacial score (nSPS) is 10.8. The maximum absolute atomic E-state index is 6.07. The van der Waals surface area contributed by atoms with Crippen molar-refractivity contribution in [3.8, 4) is 0 Å². The van der Waals surface area contributed by atoms with Crippen molar-refractivity contribution in [2.24, 2.45) is 7.05 Å². The van der Waals surface area contributed by atoms with E-state index in [4.69, 9.17) is 5.73 Å². The molecule has 0 radical (unpaired) electrons. The van der Waals surface area contributed by atoms with Gasteiger partial charge in [0.2, 0.25) is 0 Å². The van der Waals surface area contributed by atoms with Crippen molar-refractivity contribution in [2.45, 2.75) is 33.2 Å². The van der Waals surface area contributed by atoms with Crippen LogP contribution in [-0.4, -0.2) is 9.78 Å². The summed E-state index contributed by atoms with van der Waals surface area (Å²) in [5, 5.41) is 7.77. The fraction of sp³-hybridized carbons (Fsp3) is 0.462. The number of aryl methyl sites for hydroxylation is 3. The molecule has 2 heterocycles. The zero-order chi connectivity index (χ0) is 13.1. The molecule has 98 valence electrons. The van der Waals surface area contributed by atoms with Crippen molar-refractivity contribution in [3.63, 3.8) is 0 Å². The van der Waals surface area contributed by atoms with Gasteiger partial charge in [0.25, 0.3) is 0 Å². The number of nitrogens with two attached hydrogens (primary N) is 1. The summed E-state index contributed by atoms with van der Waals surface area (Å²) in [6, 6.07) is 4.36. The van der Waals surface area contributed by atoms with Crippen LogP contribution in [0.1, 0.15) is 29.3 Å². The third kappa shape index (κ3) is 2.51. The molecule has 0 unspecified atom stereocenters. The van der Waals surface area contributed by atoms with Crippen LogP contribution in [0.4, 0.5) is 11.5 Å². The molecule has 5 heteroatoms. The maximum Gasteiger partial charge on any atom is 0.148 e. The maximum atomic E-state index is 6.07. The summed E-state index contributed by atoms with van der Waals surface area (Å²) in [6.07, 6.45) is 1.96. The van der Waals surface area contributed by atoms with Gasteiger partial charge in [0.15, 0.2) is 0 Å². The van der Waals surface area contributed by atoms with Crippen LogP contribution in [0.5, 0.6) is 0 Å². The van der Waals surface area contributed by atoms with Crippen molar-refractivity contribution >= 4 is 22.8 Å². The lowest BCUT2D eigenvalue weighted by molar-refractivity contribution is 0.748. The number of nitrogens with one attached hydrogen (secondary N) is 1. The summed E-state index contributed by atoms with van der Waals surface area (Å²) in [4.78, 5) is 2.74. The summed E-state index contributed by atoms with van der Waals surface area (Å²) >= 11 is 1.84. The zero-order valence-corrected chi connectivity index (χ0v) is 12.0. The average Bonchev–Trinajstić information content (AvgIpc) is 2.93. The van der Waals surface area contributed by atoms with E-state index in [2.05, 4.69) is 36.4 Å². The van der Waals surface area contributed by atoms with Crippen LogP contribution >= 0.6 is 11.3 Å². The van der Waals surface area contributed by atoms with E-state index in [0.717, 1.165) is 36.6 Å². The topological polar surface area (TPSA) is 55.9 Å². The highest BCUT2D eigenvalue weighted by molar-refractivity contribution is 7.12. The standard InChI is InChI=1S/C13H20N4S/c1-4-9-6-7-10(18-9)8-15-13-12(14)11(5-2)16-17(13)3/h6-7,15H,4-5,8,14H2,1-3H3. The number of thiophene rings is 1. The Labute approximate surface area is 112 Å². The first-order valence-electron chi connectivity index (χ1n) is 6.28. The second-order valence-electron chi connectivity index (χ2n) is 4.26. The predicted octanol–water partition coefficient (Wildman–Crippen LogP) is 2.80. The van der Waals surface area contributed by atoms with Gasteiger partial charge in [-0.05, 0) is 25.0 Å². The molecule has 0 aliphatic heterocycles. The van der Waals surface area contributed by atoms with Crippen LogP contribution in [0.15, 0.2) is 12.1 Å². The molecule has 0 saturated heterocycles. The Morgan fingerprint density at radius 3 is 2.56 bits per heavy atom.